The first-order valence-corrected chi connectivity index (χ1v) is 13.5. The molecule has 31 heavy (non-hydrogen) atoms. The lowest BCUT2D eigenvalue weighted by molar-refractivity contribution is -0.284. The Hall–Kier alpha value is -0.950. The average Bonchev–Trinajstić information content (AvgIpc) is 3.09. The first kappa shape index (κ1) is 24.7. The number of hydrogen-bond acceptors (Lipinski definition) is 4. The third-order valence-electron chi connectivity index (χ3n) is 7.11. The molecule has 0 bridgehead atoms. The smallest absolute Gasteiger partial charge is 0.243 e. The maximum Gasteiger partial charge on any atom is 0.243 e. The van der Waals surface area contributed by atoms with Crippen molar-refractivity contribution in [3.63, 3.8) is 0 Å². The normalized spacial score (nSPS) is 26.9. The van der Waals surface area contributed by atoms with E-state index in [0.717, 1.165) is 50.5 Å². The Kier molecular flexibility index (Phi) is 7.57. The summed E-state index contributed by atoms with van der Waals surface area (Å²) < 4.78 is 29.2. The van der Waals surface area contributed by atoms with Crippen LogP contribution >= 0.6 is 0 Å². The van der Waals surface area contributed by atoms with Crippen molar-refractivity contribution in [3.05, 3.63) is 29.8 Å². The Morgan fingerprint density at radius 1 is 1.00 bits per heavy atom. The molecule has 0 saturated carbocycles. The first-order valence-electron chi connectivity index (χ1n) is 12.0. The zero-order chi connectivity index (χ0) is 22.9. The summed E-state index contributed by atoms with van der Waals surface area (Å²) in [4.78, 5) is 6.85. The summed E-state index contributed by atoms with van der Waals surface area (Å²) in [6, 6.07) is 7.19. The van der Waals surface area contributed by atoms with Crippen LogP contribution in [0.15, 0.2) is 29.2 Å². The molecule has 6 heteroatoms. The van der Waals surface area contributed by atoms with Gasteiger partial charge in [0.15, 0.2) is 0 Å². The highest BCUT2D eigenvalue weighted by atomic mass is 32.2. The molecule has 2 heterocycles. The molecule has 1 aromatic carbocycles. The molecule has 176 valence electrons. The van der Waals surface area contributed by atoms with Crippen LogP contribution in [0.2, 0.25) is 0 Å². The number of hydrogen-bond donors (Lipinski definition) is 0. The van der Waals surface area contributed by atoms with Crippen LogP contribution in [0.25, 0.3) is 0 Å². The summed E-state index contributed by atoms with van der Waals surface area (Å²) in [7, 11) is -3.56. The largest absolute Gasteiger partial charge is 0.296 e. The van der Waals surface area contributed by atoms with Crippen molar-refractivity contribution in [1.82, 2.24) is 9.37 Å². The second-order valence-corrected chi connectivity index (χ2v) is 12.6. The van der Waals surface area contributed by atoms with Gasteiger partial charge in [0.1, 0.15) is 0 Å². The molecule has 0 radical (unpaired) electrons. The summed E-state index contributed by atoms with van der Waals surface area (Å²) >= 11 is 0. The standard InChI is InChI=1S/C25H42N2O3S/c1-7-8-10-21-13-14-22(19-30-27-24(3,4)17-9-18-25(27,5)6)26(21)31(28,29)23-15-11-20(2)12-16-23/h11-12,15-16,21-22H,7-10,13-14,17-19H2,1-6H3/t21-,22-/m1/s1. The van der Waals surface area contributed by atoms with Gasteiger partial charge in [0.2, 0.25) is 10.0 Å². The minimum absolute atomic E-state index is 0.0529. The molecule has 0 N–H and O–H groups in total. The van der Waals surface area contributed by atoms with Gasteiger partial charge in [0.25, 0.3) is 0 Å². The summed E-state index contributed by atoms with van der Waals surface area (Å²) in [5.74, 6) is 0. The summed E-state index contributed by atoms with van der Waals surface area (Å²) in [6.45, 7) is 13.5. The van der Waals surface area contributed by atoms with Crippen molar-refractivity contribution in [1.29, 1.82) is 0 Å². The molecule has 0 aliphatic carbocycles. The summed E-state index contributed by atoms with van der Waals surface area (Å²) in [6.07, 6.45) is 8.17. The van der Waals surface area contributed by atoms with E-state index in [1.54, 1.807) is 16.4 Å². The Balaban J connectivity index is 1.83. The second kappa shape index (κ2) is 9.50. The number of unbranched alkanes of at least 4 members (excludes halogenated alkanes) is 1. The molecule has 0 aromatic heterocycles. The molecule has 3 rings (SSSR count). The van der Waals surface area contributed by atoms with Gasteiger partial charge in [-0.25, -0.2) is 8.42 Å². The highest BCUT2D eigenvalue weighted by molar-refractivity contribution is 7.89. The summed E-state index contributed by atoms with van der Waals surface area (Å²) in [5.41, 5.74) is 0.961. The third-order valence-corrected chi connectivity index (χ3v) is 9.13. The van der Waals surface area contributed by atoms with Gasteiger partial charge < -0.3 is 0 Å². The van der Waals surface area contributed by atoms with Gasteiger partial charge in [-0.05, 0) is 85.3 Å². The molecule has 5 nitrogen and oxygen atoms in total. The Morgan fingerprint density at radius 2 is 1.58 bits per heavy atom. The highest BCUT2D eigenvalue weighted by Crippen LogP contribution is 2.40. The monoisotopic (exact) mass is 450 g/mol. The van der Waals surface area contributed by atoms with Crippen LogP contribution in [0.4, 0.5) is 0 Å². The van der Waals surface area contributed by atoms with Crippen LogP contribution in [-0.4, -0.2) is 47.6 Å². The van der Waals surface area contributed by atoms with Crippen molar-refractivity contribution in [3.8, 4) is 0 Å². The van der Waals surface area contributed by atoms with Crippen LogP contribution in [0, 0.1) is 6.92 Å². The van der Waals surface area contributed by atoms with Gasteiger partial charge >= 0.3 is 0 Å². The van der Waals surface area contributed by atoms with E-state index in [4.69, 9.17) is 4.84 Å². The minimum atomic E-state index is -3.56. The maximum atomic E-state index is 13.7. The molecule has 0 amide bonds. The van der Waals surface area contributed by atoms with Crippen LogP contribution in [0.1, 0.15) is 91.5 Å². The van der Waals surface area contributed by atoms with Gasteiger partial charge in [-0.1, -0.05) is 37.5 Å². The van der Waals surface area contributed by atoms with Gasteiger partial charge in [0.05, 0.1) is 17.5 Å². The van der Waals surface area contributed by atoms with E-state index in [9.17, 15) is 8.42 Å². The van der Waals surface area contributed by atoms with E-state index in [-0.39, 0.29) is 23.2 Å². The highest BCUT2D eigenvalue weighted by Gasteiger charge is 2.46. The number of hydroxylamine groups is 2. The Bertz CT molecular complexity index is 817. The van der Waals surface area contributed by atoms with E-state index < -0.39 is 10.0 Å². The fourth-order valence-electron chi connectivity index (χ4n) is 5.52. The molecule has 2 atom stereocenters. The van der Waals surface area contributed by atoms with Gasteiger partial charge in [-0.3, -0.25) is 4.84 Å². The SMILES string of the molecule is CCCC[C@@H]1CC[C@H](CON2C(C)(C)CCCC2(C)C)N1S(=O)(=O)c1ccc(C)cc1. The molecule has 1 aromatic rings. The summed E-state index contributed by atoms with van der Waals surface area (Å²) in [5, 5.41) is 2.15. The van der Waals surface area contributed by atoms with E-state index in [1.165, 1.54) is 6.42 Å². The van der Waals surface area contributed by atoms with Crippen molar-refractivity contribution in [2.75, 3.05) is 6.61 Å². The van der Waals surface area contributed by atoms with Gasteiger partial charge in [-0.15, -0.1) is 0 Å². The lowest BCUT2D eigenvalue weighted by atomic mass is 9.82. The molecule has 2 aliphatic rings. The Labute approximate surface area is 190 Å². The molecule has 2 saturated heterocycles. The van der Waals surface area contributed by atoms with Crippen LogP contribution in [0.5, 0.6) is 0 Å². The first-order chi connectivity index (χ1) is 14.5. The minimum Gasteiger partial charge on any atom is -0.296 e. The van der Waals surface area contributed by atoms with Gasteiger partial charge in [-0.2, -0.15) is 9.37 Å². The lowest BCUT2D eigenvalue weighted by Gasteiger charge is -2.51. The quantitative estimate of drug-likeness (QED) is 0.511. The molecular formula is C25H42N2O3S. The number of piperidine rings is 1. The predicted molar refractivity (Wildman–Crippen MR) is 126 cm³/mol. The van der Waals surface area contributed by atoms with Crippen LogP contribution < -0.4 is 0 Å². The van der Waals surface area contributed by atoms with E-state index in [1.807, 2.05) is 19.1 Å². The fourth-order valence-corrected chi connectivity index (χ4v) is 7.40. The number of rotatable bonds is 8. The molecule has 2 fully saturated rings. The lowest BCUT2D eigenvalue weighted by Crippen LogP contribution is -2.59. The maximum absolute atomic E-state index is 13.7. The Morgan fingerprint density at radius 3 is 2.16 bits per heavy atom. The molecular weight excluding hydrogens is 408 g/mol. The predicted octanol–water partition coefficient (Wildman–Crippen LogP) is 5.68. The van der Waals surface area contributed by atoms with E-state index in [0.29, 0.717) is 11.5 Å². The molecule has 0 spiro atoms. The van der Waals surface area contributed by atoms with Crippen LogP contribution in [-0.2, 0) is 14.9 Å². The van der Waals surface area contributed by atoms with E-state index in [2.05, 4.69) is 39.7 Å². The average molecular weight is 451 g/mol. The number of sulfonamides is 1. The van der Waals surface area contributed by atoms with Crippen molar-refractivity contribution in [2.24, 2.45) is 0 Å². The number of aryl methyl sites for hydroxylation is 1. The van der Waals surface area contributed by atoms with Crippen LogP contribution in [0.3, 0.4) is 0 Å². The zero-order valence-corrected chi connectivity index (χ0v) is 21.2. The molecule has 0 unspecified atom stereocenters. The molecule has 2 aliphatic heterocycles. The second-order valence-electron chi connectivity index (χ2n) is 10.7. The van der Waals surface area contributed by atoms with Crippen molar-refractivity contribution in [2.45, 2.75) is 121 Å². The third kappa shape index (κ3) is 5.35. The fraction of sp³-hybridized carbons (Fsp3) is 0.760. The van der Waals surface area contributed by atoms with Gasteiger partial charge in [0, 0.05) is 17.1 Å². The number of benzene rings is 1. The number of nitrogens with zero attached hydrogens (tertiary/aromatic N) is 2. The van der Waals surface area contributed by atoms with Crippen molar-refractivity contribution < 1.29 is 13.3 Å². The van der Waals surface area contributed by atoms with E-state index >= 15 is 0 Å². The van der Waals surface area contributed by atoms with Crippen molar-refractivity contribution >= 4 is 10.0 Å². The zero-order valence-electron chi connectivity index (χ0n) is 20.4. The topological polar surface area (TPSA) is 49.9 Å².